The highest BCUT2D eigenvalue weighted by Gasteiger charge is 2.16. The quantitative estimate of drug-likeness (QED) is 0.543. The normalized spacial score (nSPS) is 13.4. The van der Waals surface area contributed by atoms with Crippen molar-refractivity contribution in [1.82, 2.24) is 24.6 Å². The molecule has 0 radical (unpaired) electrons. The Bertz CT molecular complexity index is 1260. The molecule has 1 aromatic carbocycles. The molecule has 4 aromatic rings. The first-order valence-corrected chi connectivity index (χ1v) is 11.0. The van der Waals surface area contributed by atoms with Gasteiger partial charge in [0.15, 0.2) is 5.13 Å². The Balaban J connectivity index is 1.33. The van der Waals surface area contributed by atoms with Crippen molar-refractivity contribution >= 4 is 28.2 Å². The van der Waals surface area contributed by atoms with Crippen LogP contribution in [-0.2, 0) is 24.1 Å². The minimum Gasteiger partial charge on any atom is -0.302 e. The van der Waals surface area contributed by atoms with Crippen LogP contribution in [0.15, 0.2) is 29.9 Å². The summed E-state index contributed by atoms with van der Waals surface area (Å²) >= 11 is 1.45. The number of hydrogen-bond acceptors (Lipinski definition) is 6. The fourth-order valence-corrected chi connectivity index (χ4v) is 4.83. The molecule has 0 unspecified atom stereocenters. The highest BCUT2D eigenvalue weighted by molar-refractivity contribution is 7.14. The summed E-state index contributed by atoms with van der Waals surface area (Å²) in [6, 6.07) is 6.61. The molecular weight excluding hydrogens is 396 g/mol. The number of carbonyl (C=O) groups is 1. The van der Waals surface area contributed by atoms with Crippen molar-refractivity contribution in [2.24, 2.45) is 0 Å². The summed E-state index contributed by atoms with van der Waals surface area (Å²) in [7, 11) is 0. The summed E-state index contributed by atoms with van der Waals surface area (Å²) in [5.41, 5.74) is 7.42. The van der Waals surface area contributed by atoms with E-state index in [1.165, 1.54) is 48.1 Å². The highest BCUT2D eigenvalue weighted by atomic mass is 32.1. The van der Waals surface area contributed by atoms with Crippen LogP contribution < -0.4 is 5.32 Å². The SMILES string of the molecule is Cc1nc2ncnn2c(C)c1CC(=O)Nc1nc(-c2ccc3c(c2)CCCC3)cs1. The third-order valence-electron chi connectivity index (χ3n) is 5.72. The van der Waals surface area contributed by atoms with Gasteiger partial charge in [-0.2, -0.15) is 10.1 Å². The van der Waals surface area contributed by atoms with Gasteiger partial charge in [0.2, 0.25) is 5.91 Å². The van der Waals surface area contributed by atoms with Gasteiger partial charge in [0.25, 0.3) is 5.78 Å². The lowest BCUT2D eigenvalue weighted by molar-refractivity contribution is -0.115. The maximum absolute atomic E-state index is 12.7. The lowest BCUT2D eigenvalue weighted by atomic mass is 9.90. The van der Waals surface area contributed by atoms with Gasteiger partial charge in [-0.1, -0.05) is 12.1 Å². The molecule has 0 spiro atoms. The molecule has 0 atom stereocenters. The Kier molecular flexibility index (Phi) is 4.78. The van der Waals surface area contributed by atoms with Gasteiger partial charge < -0.3 is 5.32 Å². The van der Waals surface area contributed by atoms with E-state index in [1.54, 1.807) is 4.52 Å². The first-order valence-electron chi connectivity index (χ1n) is 10.1. The van der Waals surface area contributed by atoms with Gasteiger partial charge in [-0.15, -0.1) is 11.3 Å². The van der Waals surface area contributed by atoms with Crippen molar-refractivity contribution < 1.29 is 4.79 Å². The van der Waals surface area contributed by atoms with Gasteiger partial charge in [-0.3, -0.25) is 4.79 Å². The minimum atomic E-state index is -0.117. The molecule has 1 aliphatic rings. The van der Waals surface area contributed by atoms with Crippen molar-refractivity contribution in [1.29, 1.82) is 0 Å². The summed E-state index contributed by atoms with van der Waals surface area (Å²) in [6.07, 6.45) is 6.52. The molecule has 8 heteroatoms. The number of nitrogens with one attached hydrogen (secondary N) is 1. The number of benzene rings is 1. The predicted molar refractivity (Wildman–Crippen MR) is 117 cm³/mol. The number of hydrogen-bond donors (Lipinski definition) is 1. The van der Waals surface area contributed by atoms with E-state index in [0.29, 0.717) is 10.9 Å². The van der Waals surface area contributed by atoms with Crippen molar-refractivity contribution in [3.8, 4) is 11.3 Å². The molecule has 30 heavy (non-hydrogen) atoms. The van der Waals surface area contributed by atoms with Crippen LogP contribution in [0.2, 0.25) is 0 Å². The van der Waals surface area contributed by atoms with Crippen LogP contribution >= 0.6 is 11.3 Å². The summed E-state index contributed by atoms with van der Waals surface area (Å²) in [6.45, 7) is 3.82. The van der Waals surface area contributed by atoms with E-state index in [2.05, 4.69) is 43.6 Å². The Hall–Kier alpha value is -3.13. The van der Waals surface area contributed by atoms with Gasteiger partial charge >= 0.3 is 0 Å². The molecule has 3 heterocycles. The molecule has 152 valence electrons. The van der Waals surface area contributed by atoms with Gasteiger partial charge in [0.1, 0.15) is 6.33 Å². The molecule has 3 aromatic heterocycles. The monoisotopic (exact) mass is 418 g/mol. The largest absolute Gasteiger partial charge is 0.302 e. The van der Waals surface area contributed by atoms with Crippen molar-refractivity contribution in [2.75, 3.05) is 5.32 Å². The fourth-order valence-electron chi connectivity index (χ4n) is 4.09. The second-order valence-electron chi connectivity index (χ2n) is 7.69. The second kappa shape index (κ2) is 7.60. The zero-order valence-corrected chi connectivity index (χ0v) is 17.8. The molecule has 7 nitrogen and oxygen atoms in total. The average Bonchev–Trinajstić information content (AvgIpc) is 3.40. The Morgan fingerprint density at radius 2 is 2.00 bits per heavy atom. The Labute approximate surface area is 178 Å². The maximum atomic E-state index is 12.7. The van der Waals surface area contributed by atoms with Gasteiger partial charge in [-0.25, -0.2) is 14.5 Å². The standard InChI is InChI=1S/C22H22N6OS/c1-13-18(14(2)28-21(25-13)23-12-24-28)10-20(29)27-22-26-19(11-30-22)17-8-7-15-5-3-4-6-16(15)9-17/h7-9,11-12H,3-6,10H2,1-2H3,(H,26,27,29). The zero-order valence-electron chi connectivity index (χ0n) is 17.0. The summed E-state index contributed by atoms with van der Waals surface area (Å²) in [5, 5.41) is 9.72. The molecule has 0 aliphatic heterocycles. The van der Waals surface area contributed by atoms with Crippen LogP contribution in [0.1, 0.15) is 40.9 Å². The first kappa shape index (κ1) is 18.9. The van der Waals surface area contributed by atoms with Crippen LogP contribution in [0, 0.1) is 13.8 Å². The highest BCUT2D eigenvalue weighted by Crippen LogP contribution is 2.29. The maximum Gasteiger partial charge on any atom is 0.252 e. The number of nitrogens with zero attached hydrogens (tertiary/aromatic N) is 5. The molecule has 5 rings (SSSR count). The summed E-state index contributed by atoms with van der Waals surface area (Å²) < 4.78 is 1.66. The molecule has 0 bridgehead atoms. The van der Waals surface area contributed by atoms with E-state index in [9.17, 15) is 4.79 Å². The third kappa shape index (κ3) is 3.47. The van der Waals surface area contributed by atoms with Crippen molar-refractivity contribution in [3.05, 3.63) is 58.0 Å². The summed E-state index contributed by atoms with van der Waals surface area (Å²) in [4.78, 5) is 25.9. The first-order chi connectivity index (χ1) is 14.6. The summed E-state index contributed by atoms with van der Waals surface area (Å²) in [5.74, 6) is 0.428. The van der Waals surface area contributed by atoms with Gasteiger partial charge in [0.05, 0.1) is 12.1 Å². The molecule has 1 amide bonds. The number of amides is 1. The van der Waals surface area contributed by atoms with Gasteiger partial charge in [-0.05, 0) is 56.7 Å². The van der Waals surface area contributed by atoms with E-state index in [-0.39, 0.29) is 12.3 Å². The van der Waals surface area contributed by atoms with E-state index in [1.807, 2.05) is 19.2 Å². The smallest absolute Gasteiger partial charge is 0.252 e. The lowest BCUT2D eigenvalue weighted by Crippen LogP contribution is -2.17. The molecule has 1 N–H and O–H groups in total. The number of thiazole rings is 1. The predicted octanol–water partition coefficient (Wildman–Crippen LogP) is 3.92. The number of aryl methyl sites for hydroxylation is 4. The van der Waals surface area contributed by atoms with Crippen LogP contribution in [0.4, 0.5) is 5.13 Å². The van der Waals surface area contributed by atoms with E-state index >= 15 is 0 Å². The van der Waals surface area contributed by atoms with Crippen LogP contribution in [-0.4, -0.2) is 30.5 Å². The van der Waals surface area contributed by atoms with Crippen molar-refractivity contribution in [2.45, 2.75) is 46.0 Å². The van der Waals surface area contributed by atoms with Crippen LogP contribution in [0.5, 0.6) is 0 Å². The average molecular weight is 419 g/mol. The lowest BCUT2D eigenvalue weighted by Gasteiger charge is -2.16. The Morgan fingerprint density at radius 3 is 2.87 bits per heavy atom. The zero-order chi connectivity index (χ0) is 20.7. The number of carbonyl (C=O) groups excluding carboxylic acids is 1. The molecule has 0 saturated carbocycles. The number of rotatable bonds is 4. The van der Waals surface area contributed by atoms with Gasteiger partial charge in [0, 0.05) is 27.9 Å². The molecule has 0 saturated heterocycles. The number of aromatic nitrogens is 5. The van der Waals surface area contributed by atoms with Crippen molar-refractivity contribution in [3.63, 3.8) is 0 Å². The van der Waals surface area contributed by atoms with Crippen LogP contribution in [0.3, 0.4) is 0 Å². The van der Waals surface area contributed by atoms with E-state index in [0.717, 1.165) is 34.6 Å². The van der Waals surface area contributed by atoms with E-state index in [4.69, 9.17) is 0 Å². The van der Waals surface area contributed by atoms with E-state index < -0.39 is 0 Å². The minimum absolute atomic E-state index is 0.117. The number of anilines is 1. The van der Waals surface area contributed by atoms with Crippen LogP contribution in [0.25, 0.3) is 17.0 Å². The fraction of sp³-hybridized carbons (Fsp3) is 0.318. The topological polar surface area (TPSA) is 85.1 Å². The second-order valence-corrected chi connectivity index (χ2v) is 8.54. The molecular formula is C22H22N6OS. The third-order valence-corrected chi connectivity index (χ3v) is 6.48. The molecule has 0 fully saturated rings. The Morgan fingerprint density at radius 1 is 1.17 bits per heavy atom. The molecule has 1 aliphatic carbocycles. The number of fused-ring (bicyclic) bond motifs is 2.